The van der Waals surface area contributed by atoms with Gasteiger partial charge in [0.25, 0.3) is 6.43 Å². The molecule has 2 N–H and O–H groups in total. The topological polar surface area (TPSA) is 89.0 Å². The zero-order chi connectivity index (χ0) is 19.4. The van der Waals surface area contributed by atoms with E-state index in [0.29, 0.717) is 0 Å². The van der Waals surface area contributed by atoms with Crippen LogP contribution >= 0.6 is 0 Å². The van der Waals surface area contributed by atoms with E-state index in [9.17, 15) is 18.4 Å². The zero-order valence-electron chi connectivity index (χ0n) is 15.0. The molecular formula is C17H22F2N4O3. The summed E-state index contributed by atoms with van der Waals surface area (Å²) in [5.41, 5.74) is -0.496. The second-order valence-electron chi connectivity index (χ2n) is 6.14. The number of anilines is 1. The van der Waals surface area contributed by atoms with Gasteiger partial charge >= 0.3 is 11.4 Å². The first-order chi connectivity index (χ1) is 12.2. The molecule has 0 radical (unpaired) electrons. The normalized spacial score (nSPS) is 13.8. The summed E-state index contributed by atoms with van der Waals surface area (Å²) in [4.78, 5) is 29.9. The van der Waals surface area contributed by atoms with Crippen LogP contribution in [0.2, 0.25) is 0 Å². The zero-order valence-corrected chi connectivity index (χ0v) is 15.0. The SMILES string of the molecule is COC(C)c1cccc([C@@H](Nc2nc(=O)n(C(C)C)c(=O)[nH]2)C(F)F)c1. The van der Waals surface area contributed by atoms with Crippen molar-refractivity contribution < 1.29 is 13.5 Å². The van der Waals surface area contributed by atoms with Gasteiger partial charge in [0.1, 0.15) is 6.04 Å². The fourth-order valence-electron chi connectivity index (χ4n) is 2.53. The van der Waals surface area contributed by atoms with Crippen molar-refractivity contribution in [2.75, 3.05) is 12.4 Å². The largest absolute Gasteiger partial charge is 0.377 e. The highest BCUT2D eigenvalue weighted by Crippen LogP contribution is 2.27. The highest BCUT2D eigenvalue weighted by atomic mass is 19.3. The van der Waals surface area contributed by atoms with Crippen molar-refractivity contribution in [3.8, 4) is 0 Å². The third-order valence-corrected chi connectivity index (χ3v) is 4.01. The van der Waals surface area contributed by atoms with Gasteiger partial charge in [0.05, 0.1) is 6.10 Å². The predicted molar refractivity (Wildman–Crippen MR) is 93.7 cm³/mol. The predicted octanol–water partition coefficient (Wildman–Crippen LogP) is 2.64. The van der Waals surface area contributed by atoms with Gasteiger partial charge in [0.2, 0.25) is 5.95 Å². The van der Waals surface area contributed by atoms with Crippen LogP contribution in [0.5, 0.6) is 0 Å². The molecule has 9 heteroatoms. The third kappa shape index (κ3) is 4.34. The Labute approximate surface area is 149 Å². The maximum absolute atomic E-state index is 13.6. The molecule has 0 aliphatic rings. The molecule has 0 amide bonds. The average Bonchev–Trinajstić information content (AvgIpc) is 2.57. The summed E-state index contributed by atoms with van der Waals surface area (Å²) in [5, 5.41) is 2.46. The Morgan fingerprint density at radius 1 is 1.19 bits per heavy atom. The van der Waals surface area contributed by atoms with Gasteiger partial charge in [-0.05, 0) is 31.9 Å². The lowest BCUT2D eigenvalue weighted by atomic mass is 10.0. The van der Waals surface area contributed by atoms with E-state index in [2.05, 4.69) is 15.3 Å². The van der Waals surface area contributed by atoms with Gasteiger partial charge < -0.3 is 10.1 Å². The van der Waals surface area contributed by atoms with Gasteiger partial charge in [-0.3, -0.25) is 4.98 Å². The number of aromatic nitrogens is 3. The van der Waals surface area contributed by atoms with E-state index in [1.54, 1.807) is 39.0 Å². The van der Waals surface area contributed by atoms with Crippen LogP contribution in [0.25, 0.3) is 0 Å². The van der Waals surface area contributed by atoms with Gasteiger partial charge in [-0.1, -0.05) is 24.3 Å². The van der Waals surface area contributed by atoms with E-state index in [0.717, 1.165) is 10.1 Å². The maximum atomic E-state index is 13.6. The van der Waals surface area contributed by atoms with E-state index in [1.807, 2.05) is 0 Å². The van der Waals surface area contributed by atoms with Crippen molar-refractivity contribution in [3.63, 3.8) is 0 Å². The van der Waals surface area contributed by atoms with E-state index in [1.165, 1.54) is 13.2 Å². The summed E-state index contributed by atoms with van der Waals surface area (Å²) in [7, 11) is 1.53. The minimum absolute atomic E-state index is 0.263. The number of methoxy groups -OCH3 is 1. The second-order valence-corrected chi connectivity index (χ2v) is 6.14. The number of nitrogens with one attached hydrogen (secondary N) is 2. The molecule has 142 valence electrons. The lowest BCUT2D eigenvalue weighted by Gasteiger charge is -2.20. The first kappa shape index (κ1) is 19.8. The quantitative estimate of drug-likeness (QED) is 0.784. The molecule has 1 aromatic carbocycles. The molecule has 1 unspecified atom stereocenters. The van der Waals surface area contributed by atoms with Crippen LogP contribution in [0.15, 0.2) is 33.9 Å². The molecule has 0 aliphatic carbocycles. The van der Waals surface area contributed by atoms with E-state index < -0.39 is 29.9 Å². The summed E-state index contributed by atoms with van der Waals surface area (Å²) in [6, 6.07) is 4.69. The number of alkyl halides is 2. The summed E-state index contributed by atoms with van der Waals surface area (Å²) < 4.78 is 33.3. The Bertz CT molecular complexity index is 832. The number of hydrogen-bond donors (Lipinski definition) is 2. The molecule has 0 saturated heterocycles. The summed E-state index contributed by atoms with van der Waals surface area (Å²) in [5.74, 6) is -0.299. The van der Waals surface area contributed by atoms with E-state index in [-0.39, 0.29) is 17.6 Å². The molecule has 0 aliphatic heterocycles. The highest BCUT2D eigenvalue weighted by molar-refractivity contribution is 5.34. The van der Waals surface area contributed by atoms with Crippen molar-refractivity contribution >= 4 is 5.95 Å². The Kier molecular flexibility index (Phi) is 6.25. The molecule has 2 rings (SSSR count). The van der Waals surface area contributed by atoms with Crippen LogP contribution in [0.1, 0.15) is 50.1 Å². The molecule has 0 saturated carbocycles. The smallest absolute Gasteiger partial charge is 0.355 e. The maximum Gasteiger partial charge on any atom is 0.355 e. The number of ether oxygens (including phenoxy) is 1. The molecule has 7 nitrogen and oxygen atoms in total. The van der Waals surface area contributed by atoms with Crippen molar-refractivity contribution in [1.29, 1.82) is 0 Å². The van der Waals surface area contributed by atoms with Crippen molar-refractivity contribution in [2.24, 2.45) is 0 Å². The number of halogens is 2. The van der Waals surface area contributed by atoms with Gasteiger partial charge in [-0.25, -0.2) is 22.9 Å². The minimum Gasteiger partial charge on any atom is -0.377 e. The van der Waals surface area contributed by atoms with Gasteiger partial charge in [-0.15, -0.1) is 0 Å². The van der Waals surface area contributed by atoms with Gasteiger partial charge in [0, 0.05) is 13.2 Å². The van der Waals surface area contributed by atoms with Gasteiger partial charge in [0.15, 0.2) is 0 Å². The van der Waals surface area contributed by atoms with Crippen molar-refractivity contribution in [1.82, 2.24) is 14.5 Å². The highest BCUT2D eigenvalue weighted by Gasteiger charge is 2.24. The fourth-order valence-corrected chi connectivity index (χ4v) is 2.53. The Morgan fingerprint density at radius 2 is 1.85 bits per heavy atom. The van der Waals surface area contributed by atoms with Crippen LogP contribution in [0.3, 0.4) is 0 Å². The lowest BCUT2D eigenvalue weighted by molar-refractivity contribution is 0.117. The Balaban J connectivity index is 2.38. The summed E-state index contributed by atoms with van der Waals surface area (Å²) in [6.07, 6.45) is -3.05. The van der Waals surface area contributed by atoms with Gasteiger partial charge in [-0.2, -0.15) is 4.98 Å². The molecule has 1 heterocycles. The van der Waals surface area contributed by atoms with Crippen molar-refractivity contribution in [3.05, 3.63) is 56.4 Å². The first-order valence-electron chi connectivity index (χ1n) is 8.14. The third-order valence-electron chi connectivity index (χ3n) is 4.01. The number of aromatic amines is 1. The molecule has 0 fully saturated rings. The van der Waals surface area contributed by atoms with Crippen LogP contribution in [0.4, 0.5) is 14.7 Å². The average molecular weight is 368 g/mol. The Morgan fingerprint density at radius 3 is 2.38 bits per heavy atom. The van der Waals surface area contributed by atoms with Crippen LogP contribution in [0, 0.1) is 0 Å². The van der Waals surface area contributed by atoms with Crippen molar-refractivity contribution in [2.45, 2.75) is 45.4 Å². The van der Waals surface area contributed by atoms with E-state index in [4.69, 9.17) is 4.74 Å². The first-order valence-corrected chi connectivity index (χ1v) is 8.14. The minimum atomic E-state index is -2.79. The standard InChI is InChI=1S/C17H22F2N4O3/c1-9(2)23-16(24)21-15(22-17(23)25)20-13(14(18)19)12-7-5-6-11(8-12)10(3)26-4/h5-10,13-14H,1-4H3,(H2,20,21,22,24,25)/t10?,13-/m1/s1. The Hall–Kier alpha value is -2.55. The molecule has 2 atom stereocenters. The van der Waals surface area contributed by atoms with Crippen LogP contribution in [-0.4, -0.2) is 28.1 Å². The second kappa shape index (κ2) is 8.22. The van der Waals surface area contributed by atoms with Crippen LogP contribution in [-0.2, 0) is 4.74 Å². The monoisotopic (exact) mass is 368 g/mol. The molecule has 0 bridgehead atoms. The number of benzene rings is 1. The number of nitrogens with zero attached hydrogens (tertiary/aromatic N) is 2. The lowest BCUT2D eigenvalue weighted by Crippen LogP contribution is -2.39. The fraction of sp³-hybridized carbons (Fsp3) is 0.471. The molecular weight excluding hydrogens is 346 g/mol. The van der Waals surface area contributed by atoms with Crippen LogP contribution < -0.4 is 16.7 Å². The molecule has 0 spiro atoms. The molecule has 26 heavy (non-hydrogen) atoms. The number of H-pyrrole nitrogens is 1. The number of hydrogen-bond acceptors (Lipinski definition) is 5. The summed E-state index contributed by atoms with van der Waals surface area (Å²) in [6.45, 7) is 5.10. The summed E-state index contributed by atoms with van der Waals surface area (Å²) >= 11 is 0. The number of rotatable bonds is 7. The van der Waals surface area contributed by atoms with E-state index >= 15 is 0 Å². The molecule has 1 aromatic heterocycles. The molecule has 2 aromatic rings.